The van der Waals surface area contributed by atoms with E-state index in [-0.39, 0.29) is 11.9 Å². The van der Waals surface area contributed by atoms with Crippen molar-refractivity contribution >= 4 is 5.91 Å². The van der Waals surface area contributed by atoms with Gasteiger partial charge in [-0.05, 0) is 56.2 Å². The minimum Gasteiger partial charge on any atom is -0.349 e. The second-order valence-electron chi connectivity index (χ2n) is 6.48. The lowest BCUT2D eigenvalue weighted by molar-refractivity contribution is -0.121. The average Bonchev–Trinajstić information content (AvgIpc) is 2.78. The van der Waals surface area contributed by atoms with E-state index in [4.69, 9.17) is 0 Å². The number of hydrogen-bond donors (Lipinski definition) is 1. The Morgan fingerprint density at radius 3 is 2.87 bits per heavy atom. The van der Waals surface area contributed by atoms with Gasteiger partial charge in [-0.25, -0.2) is 0 Å². The van der Waals surface area contributed by atoms with E-state index in [2.05, 4.69) is 41.6 Å². The smallest absolute Gasteiger partial charge is 0.220 e. The van der Waals surface area contributed by atoms with Crippen molar-refractivity contribution in [2.75, 3.05) is 0 Å². The molecular weight excluding hydrogens is 286 g/mol. The number of hydrogen-bond acceptors (Lipinski definition) is 2. The van der Waals surface area contributed by atoms with Gasteiger partial charge in [0.2, 0.25) is 5.91 Å². The van der Waals surface area contributed by atoms with E-state index in [0.717, 1.165) is 37.1 Å². The minimum atomic E-state index is 0.134. The Labute approximate surface area is 137 Å². The van der Waals surface area contributed by atoms with Crippen LogP contribution in [0.2, 0.25) is 0 Å². The molecule has 0 fully saturated rings. The van der Waals surface area contributed by atoms with Gasteiger partial charge < -0.3 is 5.32 Å². The summed E-state index contributed by atoms with van der Waals surface area (Å²) in [5, 5.41) is 7.64. The molecule has 1 atom stereocenters. The highest BCUT2D eigenvalue weighted by atomic mass is 16.1. The molecular formula is C19H25N3O. The van der Waals surface area contributed by atoms with Crippen molar-refractivity contribution in [2.45, 2.75) is 52.0 Å². The van der Waals surface area contributed by atoms with Crippen molar-refractivity contribution in [3.05, 3.63) is 52.3 Å². The van der Waals surface area contributed by atoms with Crippen LogP contribution in [-0.2, 0) is 24.7 Å². The quantitative estimate of drug-likeness (QED) is 0.943. The molecule has 4 heteroatoms. The number of carbonyl (C=O) groups is 1. The summed E-state index contributed by atoms with van der Waals surface area (Å²) >= 11 is 0. The number of nitrogens with one attached hydrogen (secondary N) is 1. The number of benzene rings is 1. The Hall–Kier alpha value is -2.10. The van der Waals surface area contributed by atoms with Crippen LogP contribution in [-0.4, -0.2) is 15.7 Å². The summed E-state index contributed by atoms with van der Waals surface area (Å²) in [6.45, 7) is 4.07. The maximum atomic E-state index is 12.4. The molecule has 1 N–H and O–H groups in total. The normalized spacial score (nSPS) is 16.9. The van der Waals surface area contributed by atoms with Gasteiger partial charge in [0.05, 0.1) is 11.7 Å². The van der Waals surface area contributed by atoms with Crippen LogP contribution in [0.15, 0.2) is 24.3 Å². The van der Waals surface area contributed by atoms with Crippen LogP contribution in [0.4, 0.5) is 0 Å². The van der Waals surface area contributed by atoms with E-state index in [1.54, 1.807) is 0 Å². The summed E-state index contributed by atoms with van der Waals surface area (Å²) in [4.78, 5) is 12.4. The fraction of sp³-hybridized carbons (Fsp3) is 0.474. The Morgan fingerprint density at radius 2 is 2.13 bits per heavy atom. The number of nitrogens with zero attached hydrogens (tertiary/aromatic N) is 2. The number of rotatable bonds is 4. The van der Waals surface area contributed by atoms with Crippen molar-refractivity contribution in [2.24, 2.45) is 7.05 Å². The van der Waals surface area contributed by atoms with E-state index in [1.165, 1.54) is 16.7 Å². The SMILES string of the molecule is Cc1nn(C)c(C)c1CCC(=O)NC1CCCc2ccccc21. The summed E-state index contributed by atoms with van der Waals surface area (Å²) in [5.74, 6) is 0.134. The zero-order chi connectivity index (χ0) is 16.4. The van der Waals surface area contributed by atoms with Gasteiger partial charge in [-0.3, -0.25) is 9.48 Å². The predicted molar refractivity (Wildman–Crippen MR) is 91.3 cm³/mol. The number of carbonyl (C=O) groups excluding carboxylic acids is 1. The van der Waals surface area contributed by atoms with Gasteiger partial charge in [0.25, 0.3) is 0 Å². The Kier molecular flexibility index (Phi) is 4.51. The molecule has 0 aliphatic heterocycles. The van der Waals surface area contributed by atoms with E-state index in [1.807, 2.05) is 18.7 Å². The van der Waals surface area contributed by atoms with Gasteiger partial charge in [0.15, 0.2) is 0 Å². The van der Waals surface area contributed by atoms with Gasteiger partial charge in [-0.2, -0.15) is 5.10 Å². The second-order valence-corrected chi connectivity index (χ2v) is 6.48. The van der Waals surface area contributed by atoms with Crippen molar-refractivity contribution in [3.63, 3.8) is 0 Å². The highest BCUT2D eigenvalue weighted by Gasteiger charge is 2.21. The van der Waals surface area contributed by atoms with Crippen LogP contribution >= 0.6 is 0 Å². The average molecular weight is 311 g/mol. The van der Waals surface area contributed by atoms with Crippen molar-refractivity contribution in [3.8, 4) is 0 Å². The molecule has 1 aromatic carbocycles. The number of fused-ring (bicyclic) bond motifs is 1. The molecule has 1 aliphatic carbocycles. The molecule has 1 unspecified atom stereocenters. The van der Waals surface area contributed by atoms with Gasteiger partial charge in [-0.1, -0.05) is 24.3 Å². The predicted octanol–water partition coefficient (Wildman–Crippen LogP) is 3.16. The topological polar surface area (TPSA) is 46.9 Å². The molecule has 3 rings (SSSR count). The van der Waals surface area contributed by atoms with Gasteiger partial charge >= 0.3 is 0 Å². The zero-order valence-electron chi connectivity index (χ0n) is 14.2. The van der Waals surface area contributed by atoms with Crippen molar-refractivity contribution in [1.29, 1.82) is 0 Å². The fourth-order valence-electron chi connectivity index (χ4n) is 3.59. The lowest BCUT2D eigenvalue weighted by Crippen LogP contribution is -2.31. The number of aryl methyl sites for hydroxylation is 3. The first-order valence-corrected chi connectivity index (χ1v) is 8.42. The molecule has 0 radical (unpaired) electrons. The first kappa shape index (κ1) is 15.8. The summed E-state index contributed by atoms with van der Waals surface area (Å²) < 4.78 is 1.89. The molecule has 1 aliphatic rings. The number of aromatic nitrogens is 2. The largest absolute Gasteiger partial charge is 0.349 e. The molecule has 2 aromatic rings. The van der Waals surface area contributed by atoms with E-state index in [0.29, 0.717) is 6.42 Å². The summed E-state index contributed by atoms with van der Waals surface area (Å²) in [5.41, 5.74) is 6.05. The summed E-state index contributed by atoms with van der Waals surface area (Å²) in [7, 11) is 1.95. The zero-order valence-corrected chi connectivity index (χ0v) is 14.2. The lowest BCUT2D eigenvalue weighted by Gasteiger charge is -2.26. The molecule has 0 spiro atoms. The molecule has 122 valence electrons. The van der Waals surface area contributed by atoms with Gasteiger partial charge in [-0.15, -0.1) is 0 Å². The van der Waals surface area contributed by atoms with E-state index >= 15 is 0 Å². The lowest BCUT2D eigenvalue weighted by atomic mass is 9.87. The third-order valence-electron chi connectivity index (χ3n) is 4.97. The maximum Gasteiger partial charge on any atom is 0.220 e. The first-order chi connectivity index (χ1) is 11.1. The van der Waals surface area contributed by atoms with Crippen LogP contribution in [0.5, 0.6) is 0 Å². The third-order valence-corrected chi connectivity index (χ3v) is 4.97. The molecule has 4 nitrogen and oxygen atoms in total. The first-order valence-electron chi connectivity index (χ1n) is 8.42. The van der Waals surface area contributed by atoms with Crippen LogP contribution in [0.3, 0.4) is 0 Å². The molecule has 0 saturated carbocycles. The Morgan fingerprint density at radius 1 is 1.35 bits per heavy atom. The molecule has 1 aromatic heterocycles. The minimum absolute atomic E-state index is 0.134. The molecule has 0 saturated heterocycles. The van der Waals surface area contributed by atoms with Crippen LogP contribution in [0.25, 0.3) is 0 Å². The molecule has 1 heterocycles. The Balaban J connectivity index is 1.62. The molecule has 1 amide bonds. The van der Waals surface area contributed by atoms with E-state index in [9.17, 15) is 4.79 Å². The van der Waals surface area contributed by atoms with Gasteiger partial charge in [0, 0.05) is 19.2 Å². The molecule has 23 heavy (non-hydrogen) atoms. The van der Waals surface area contributed by atoms with Crippen LogP contribution in [0, 0.1) is 13.8 Å². The summed E-state index contributed by atoms with van der Waals surface area (Å²) in [6.07, 6.45) is 4.57. The van der Waals surface area contributed by atoms with Crippen LogP contribution in [0.1, 0.15) is 53.4 Å². The highest BCUT2D eigenvalue weighted by Crippen LogP contribution is 2.29. The monoisotopic (exact) mass is 311 g/mol. The number of amides is 1. The van der Waals surface area contributed by atoms with E-state index < -0.39 is 0 Å². The van der Waals surface area contributed by atoms with Crippen molar-refractivity contribution in [1.82, 2.24) is 15.1 Å². The second kappa shape index (κ2) is 6.57. The standard InChI is InChI=1S/C19H25N3O/c1-13-16(14(2)22(3)21-13)11-12-19(23)20-18-10-6-8-15-7-4-5-9-17(15)18/h4-5,7,9,18H,6,8,10-12H2,1-3H3,(H,20,23). The maximum absolute atomic E-state index is 12.4. The molecule has 0 bridgehead atoms. The van der Waals surface area contributed by atoms with Gasteiger partial charge in [0.1, 0.15) is 0 Å². The summed E-state index contributed by atoms with van der Waals surface area (Å²) in [6, 6.07) is 8.64. The van der Waals surface area contributed by atoms with Crippen LogP contribution < -0.4 is 5.32 Å². The highest BCUT2D eigenvalue weighted by molar-refractivity contribution is 5.77. The third kappa shape index (κ3) is 3.31. The van der Waals surface area contributed by atoms with Crippen molar-refractivity contribution < 1.29 is 4.79 Å². The Bertz CT molecular complexity index is 717. The fourth-order valence-corrected chi connectivity index (χ4v) is 3.59.